The van der Waals surface area contributed by atoms with E-state index in [4.69, 9.17) is 0 Å². The molecule has 0 aromatic heterocycles. The molecular formula is C18H23N. The molecule has 2 rings (SSSR count). The summed E-state index contributed by atoms with van der Waals surface area (Å²) in [5.74, 6) is 0. The molecule has 0 aliphatic rings. The van der Waals surface area contributed by atoms with E-state index in [1.165, 1.54) is 29.8 Å². The number of aryl methyl sites for hydroxylation is 1. The Kier molecular flexibility index (Phi) is 4.62. The molecule has 19 heavy (non-hydrogen) atoms. The molecule has 0 saturated carbocycles. The predicted octanol–water partition coefficient (Wildman–Crippen LogP) is 5.32. The average Bonchev–Trinajstić information content (AvgIpc) is 2.43. The molecule has 0 spiro atoms. The molecule has 1 unspecified atom stereocenters. The van der Waals surface area contributed by atoms with E-state index in [1.54, 1.807) is 0 Å². The molecule has 0 aliphatic heterocycles. The highest BCUT2D eigenvalue weighted by Gasteiger charge is 2.15. The summed E-state index contributed by atoms with van der Waals surface area (Å²) in [5, 5.41) is 0. The van der Waals surface area contributed by atoms with Crippen LogP contribution in [0.3, 0.4) is 0 Å². The standard InChI is InChI=1S/C18H23N/c1-4-8-16(3)19(17-9-6-5-7-10-17)18-13-11-15(2)12-14-18/h5-7,9-14,16H,4,8H2,1-3H3. The maximum atomic E-state index is 2.43. The first-order valence-corrected chi connectivity index (χ1v) is 7.13. The Morgan fingerprint density at radius 2 is 1.47 bits per heavy atom. The summed E-state index contributed by atoms with van der Waals surface area (Å²) in [7, 11) is 0. The van der Waals surface area contributed by atoms with Gasteiger partial charge in [-0.05, 0) is 44.5 Å². The van der Waals surface area contributed by atoms with Crippen molar-refractivity contribution in [3.63, 3.8) is 0 Å². The third-order valence-corrected chi connectivity index (χ3v) is 3.49. The van der Waals surface area contributed by atoms with Crippen LogP contribution in [0.2, 0.25) is 0 Å². The molecular weight excluding hydrogens is 230 g/mol. The van der Waals surface area contributed by atoms with E-state index in [2.05, 4.69) is 80.3 Å². The topological polar surface area (TPSA) is 3.24 Å². The molecule has 0 fully saturated rings. The molecule has 0 saturated heterocycles. The highest BCUT2D eigenvalue weighted by Crippen LogP contribution is 2.29. The second kappa shape index (κ2) is 6.42. The Morgan fingerprint density at radius 1 is 0.895 bits per heavy atom. The summed E-state index contributed by atoms with van der Waals surface area (Å²) in [6.07, 6.45) is 2.40. The first kappa shape index (κ1) is 13.7. The highest BCUT2D eigenvalue weighted by atomic mass is 15.2. The molecule has 100 valence electrons. The summed E-state index contributed by atoms with van der Waals surface area (Å²) < 4.78 is 0. The van der Waals surface area contributed by atoms with Gasteiger partial charge in [-0.15, -0.1) is 0 Å². The van der Waals surface area contributed by atoms with E-state index in [1.807, 2.05) is 0 Å². The number of nitrogens with zero attached hydrogens (tertiary/aromatic N) is 1. The summed E-state index contributed by atoms with van der Waals surface area (Å²) in [4.78, 5) is 2.43. The van der Waals surface area contributed by atoms with Crippen LogP contribution in [0.1, 0.15) is 32.3 Å². The lowest BCUT2D eigenvalue weighted by Gasteiger charge is -2.31. The monoisotopic (exact) mass is 253 g/mol. The van der Waals surface area contributed by atoms with E-state index in [9.17, 15) is 0 Å². The molecule has 1 nitrogen and oxygen atoms in total. The van der Waals surface area contributed by atoms with Crippen molar-refractivity contribution in [2.75, 3.05) is 4.90 Å². The van der Waals surface area contributed by atoms with E-state index >= 15 is 0 Å². The summed E-state index contributed by atoms with van der Waals surface area (Å²) in [6, 6.07) is 20.0. The van der Waals surface area contributed by atoms with Crippen LogP contribution in [0.15, 0.2) is 54.6 Å². The van der Waals surface area contributed by atoms with Crippen LogP contribution in [-0.2, 0) is 0 Å². The number of rotatable bonds is 5. The molecule has 0 heterocycles. The van der Waals surface area contributed by atoms with Crippen molar-refractivity contribution >= 4 is 11.4 Å². The zero-order chi connectivity index (χ0) is 13.7. The fraction of sp³-hybridized carbons (Fsp3) is 0.333. The molecule has 0 N–H and O–H groups in total. The second-order valence-corrected chi connectivity index (χ2v) is 5.18. The second-order valence-electron chi connectivity index (χ2n) is 5.18. The van der Waals surface area contributed by atoms with Crippen molar-refractivity contribution < 1.29 is 0 Å². The van der Waals surface area contributed by atoms with Crippen molar-refractivity contribution in [1.29, 1.82) is 0 Å². The fourth-order valence-electron chi connectivity index (χ4n) is 2.50. The maximum Gasteiger partial charge on any atom is 0.0413 e. The van der Waals surface area contributed by atoms with E-state index in [-0.39, 0.29) is 0 Å². The molecule has 0 amide bonds. The average molecular weight is 253 g/mol. The number of benzene rings is 2. The van der Waals surface area contributed by atoms with Crippen LogP contribution in [-0.4, -0.2) is 6.04 Å². The van der Waals surface area contributed by atoms with Crippen molar-refractivity contribution in [2.24, 2.45) is 0 Å². The fourth-order valence-corrected chi connectivity index (χ4v) is 2.50. The van der Waals surface area contributed by atoms with E-state index in [0.29, 0.717) is 6.04 Å². The largest absolute Gasteiger partial charge is 0.339 e. The van der Waals surface area contributed by atoms with Gasteiger partial charge >= 0.3 is 0 Å². The van der Waals surface area contributed by atoms with Gasteiger partial charge in [-0.1, -0.05) is 49.2 Å². The molecule has 1 atom stereocenters. The molecule has 1 heteroatoms. The number of hydrogen-bond donors (Lipinski definition) is 0. The molecule has 2 aromatic rings. The van der Waals surface area contributed by atoms with Gasteiger partial charge < -0.3 is 4.90 Å². The number of hydrogen-bond acceptors (Lipinski definition) is 1. The van der Waals surface area contributed by atoms with Crippen LogP contribution in [0, 0.1) is 6.92 Å². The van der Waals surface area contributed by atoms with Gasteiger partial charge in [0.05, 0.1) is 0 Å². The number of anilines is 2. The van der Waals surface area contributed by atoms with Crippen LogP contribution < -0.4 is 4.90 Å². The minimum absolute atomic E-state index is 0.509. The van der Waals surface area contributed by atoms with E-state index in [0.717, 1.165) is 0 Å². The minimum Gasteiger partial charge on any atom is -0.339 e. The molecule has 2 aromatic carbocycles. The van der Waals surface area contributed by atoms with Crippen molar-refractivity contribution in [2.45, 2.75) is 39.7 Å². The van der Waals surface area contributed by atoms with Crippen LogP contribution in [0.4, 0.5) is 11.4 Å². The smallest absolute Gasteiger partial charge is 0.0413 e. The van der Waals surface area contributed by atoms with Crippen LogP contribution in [0.5, 0.6) is 0 Å². The third-order valence-electron chi connectivity index (χ3n) is 3.49. The van der Waals surface area contributed by atoms with Gasteiger partial charge in [-0.2, -0.15) is 0 Å². The molecule has 0 radical (unpaired) electrons. The van der Waals surface area contributed by atoms with Gasteiger partial charge in [0, 0.05) is 17.4 Å². The Labute approximate surface area is 116 Å². The zero-order valence-electron chi connectivity index (χ0n) is 12.1. The lowest BCUT2D eigenvalue weighted by molar-refractivity contribution is 0.634. The van der Waals surface area contributed by atoms with Gasteiger partial charge in [0.25, 0.3) is 0 Å². The lowest BCUT2D eigenvalue weighted by atomic mass is 10.1. The first-order valence-electron chi connectivity index (χ1n) is 7.13. The summed E-state index contributed by atoms with van der Waals surface area (Å²) >= 11 is 0. The predicted molar refractivity (Wildman–Crippen MR) is 84.1 cm³/mol. The normalized spacial score (nSPS) is 12.2. The zero-order valence-corrected chi connectivity index (χ0v) is 12.1. The Bertz CT molecular complexity index is 487. The first-order chi connectivity index (χ1) is 9.22. The maximum absolute atomic E-state index is 2.43. The van der Waals surface area contributed by atoms with Gasteiger partial charge in [-0.3, -0.25) is 0 Å². The molecule has 0 bridgehead atoms. The number of para-hydroxylation sites is 1. The van der Waals surface area contributed by atoms with Crippen LogP contribution >= 0.6 is 0 Å². The van der Waals surface area contributed by atoms with Gasteiger partial charge in [0.2, 0.25) is 0 Å². The van der Waals surface area contributed by atoms with E-state index < -0.39 is 0 Å². The SMILES string of the molecule is CCCC(C)N(c1ccccc1)c1ccc(C)cc1. The van der Waals surface area contributed by atoms with Crippen molar-refractivity contribution in [1.82, 2.24) is 0 Å². The van der Waals surface area contributed by atoms with Gasteiger partial charge in [0.15, 0.2) is 0 Å². The van der Waals surface area contributed by atoms with Gasteiger partial charge in [0.1, 0.15) is 0 Å². The molecule has 0 aliphatic carbocycles. The summed E-state index contributed by atoms with van der Waals surface area (Å²) in [6.45, 7) is 6.68. The Balaban J connectivity index is 2.37. The minimum atomic E-state index is 0.509. The third kappa shape index (κ3) is 3.37. The van der Waals surface area contributed by atoms with Gasteiger partial charge in [-0.25, -0.2) is 0 Å². The summed E-state index contributed by atoms with van der Waals surface area (Å²) in [5.41, 5.74) is 3.85. The highest BCUT2D eigenvalue weighted by molar-refractivity contribution is 5.64. The quantitative estimate of drug-likeness (QED) is 0.697. The lowest BCUT2D eigenvalue weighted by Crippen LogP contribution is -2.28. The Hall–Kier alpha value is -1.76. The van der Waals surface area contributed by atoms with Crippen molar-refractivity contribution in [3.8, 4) is 0 Å². The Morgan fingerprint density at radius 3 is 2.05 bits per heavy atom. The van der Waals surface area contributed by atoms with Crippen molar-refractivity contribution in [3.05, 3.63) is 60.2 Å². The van der Waals surface area contributed by atoms with Crippen LogP contribution in [0.25, 0.3) is 0 Å².